The van der Waals surface area contributed by atoms with Crippen molar-refractivity contribution in [2.45, 2.75) is 83.0 Å². The molecule has 0 saturated heterocycles. The summed E-state index contributed by atoms with van der Waals surface area (Å²) in [7, 11) is 0. The van der Waals surface area contributed by atoms with Crippen LogP contribution in [0.5, 0.6) is 0 Å². The van der Waals surface area contributed by atoms with E-state index in [4.69, 9.17) is 17.2 Å². The minimum absolute atomic E-state index is 0.0518. The van der Waals surface area contributed by atoms with Gasteiger partial charge in [0.2, 0.25) is 23.6 Å². The van der Waals surface area contributed by atoms with Crippen molar-refractivity contribution in [3.8, 4) is 0 Å². The largest absolute Gasteiger partial charge is 0.480 e. The molecule has 1 aromatic carbocycles. The zero-order valence-electron chi connectivity index (χ0n) is 22.2. The number of amides is 4. The molecule has 0 aliphatic heterocycles. The van der Waals surface area contributed by atoms with E-state index in [0.717, 1.165) is 5.56 Å². The molecule has 0 radical (unpaired) electrons. The number of carboxylic acids is 1. The van der Waals surface area contributed by atoms with Crippen molar-refractivity contribution in [2.75, 3.05) is 6.54 Å². The van der Waals surface area contributed by atoms with Gasteiger partial charge in [-0.3, -0.25) is 19.2 Å². The Morgan fingerprint density at radius 1 is 0.868 bits per heavy atom. The Labute approximate surface area is 223 Å². The first-order valence-electron chi connectivity index (χ1n) is 12.9. The van der Waals surface area contributed by atoms with E-state index in [1.165, 1.54) is 0 Å². The fourth-order valence-corrected chi connectivity index (χ4v) is 3.69. The summed E-state index contributed by atoms with van der Waals surface area (Å²) in [5.41, 5.74) is 17.5. The number of primary amides is 1. The minimum Gasteiger partial charge on any atom is -0.480 e. The number of benzene rings is 1. The molecule has 0 bridgehead atoms. The van der Waals surface area contributed by atoms with Gasteiger partial charge >= 0.3 is 5.97 Å². The van der Waals surface area contributed by atoms with E-state index < -0.39 is 53.8 Å². The van der Waals surface area contributed by atoms with Crippen molar-refractivity contribution < 1.29 is 29.1 Å². The molecule has 4 amide bonds. The van der Waals surface area contributed by atoms with E-state index in [-0.39, 0.29) is 31.6 Å². The standard InChI is InChI=1S/C26H42N6O6/c1-3-16(2)22(29)25(36)31-19(12-13-21(28)33)24(35)30-18(11-7-8-14-27)23(34)32-20(26(37)38)15-17-9-5-4-6-10-17/h4-6,9-10,16,18-20,22H,3,7-8,11-15,27,29H2,1-2H3,(H2,28,33)(H,30,35)(H,31,36)(H,32,34)(H,37,38). The summed E-state index contributed by atoms with van der Waals surface area (Å²) in [5, 5.41) is 17.3. The summed E-state index contributed by atoms with van der Waals surface area (Å²) in [4.78, 5) is 62.1. The third kappa shape index (κ3) is 11.7. The number of carboxylic acid groups (broad SMARTS) is 1. The van der Waals surface area contributed by atoms with Gasteiger partial charge in [-0.15, -0.1) is 0 Å². The highest BCUT2D eigenvalue weighted by molar-refractivity contribution is 5.94. The van der Waals surface area contributed by atoms with E-state index in [0.29, 0.717) is 25.8 Å². The van der Waals surface area contributed by atoms with E-state index >= 15 is 0 Å². The molecule has 0 heterocycles. The lowest BCUT2D eigenvalue weighted by Crippen LogP contribution is -2.57. The molecule has 0 aliphatic carbocycles. The van der Waals surface area contributed by atoms with Gasteiger partial charge in [-0.1, -0.05) is 50.6 Å². The van der Waals surface area contributed by atoms with Gasteiger partial charge in [0.15, 0.2) is 0 Å². The molecule has 12 nitrogen and oxygen atoms in total. The molecule has 212 valence electrons. The van der Waals surface area contributed by atoms with E-state index in [2.05, 4.69) is 16.0 Å². The van der Waals surface area contributed by atoms with Crippen LogP contribution in [0.15, 0.2) is 30.3 Å². The Bertz CT molecular complexity index is 928. The SMILES string of the molecule is CCC(C)C(N)C(=O)NC(CCC(N)=O)C(=O)NC(CCCCN)C(=O)NC(Cc1ccccc1)C(=O)O. The molecule has 0 aliphatic rings. The highest BCUT2D eigenvalue weighted by Crippen LogP contribution is 2.09. The molecular formula is C26H42N6O6. The van der Waals surface area contributed by atoms with Crippen molar-refractivity contribution in [1.29, 1.82) is 0 Å². The van der Waals surface area contributed by atoms with Gasteiger partial charge in [0.25, 0.3) is 0 Å². The van der Waals surface area contributed by atoms with Crippen LogP contribution in [0.3, 0.4) is 0 Å². The first-order valence-corrected chi connectivity index (χ1v) is 12.9. The zero-order valence-corrected chi connectivity index (χ0v) is 22.2. The molecule has 5 unspecified atom stereocenters. The first-order chi connectivity index (χ1) is 18.0. The van der Waals surface area contributed by atoms with Crippen LogP contribution in [-0.4, -0.2) is 65.4 Å². The molecule has 12 heteroatoms. The Balaban J connectivity index is 3.05. The number of aliphatic carboxylic acids is 1. The predicted octanol–water partition coefficient (Wildman–Crippen LogP) is -0.464. The van der Waals surface area contributed by atoms with Crippen molar-refractivity contribution in [1.82, 2.24) is 16.0 Å². The Morgan fingerprint density at radius 3 is 1.95 bits per heavy atom. The summed E-state index contributed by atoms with van der Waals surface area (Å²) in [5.74, 6) is -4.00. The van der Waals surface area contributed by atoms with Crippen LogP contribution >= 0.6 is 0 Å². The van der Waals surface area contributed by atoms with Crippen LogP contribution in [0, 0.1) is 5.92 Å². The average Bonchev–Trinajstić information content (AvgIpc) is 2.89. The van der Waals surface area contributed by atoms with Crippen molar-refractivity contribution in [3.63, 3.8) is 0 Å². The fraction of sp³-hybridized carbons (Fsp3) is 0.577. The zero-order chi connectivity index (χ0) is 28.7. The number of carbonyl (C=O) groups is 5. The second kappa shape index (κ2) is 17.1. The second-order valence-corrected chi connectivity index (χ2v) is 9.41. The summed E-state index contributed by atoms with van der Waals surface area (Å²) in [6.07, 6.45) is 1.68. The lowest BCUT2D eigenvalue weighted by Gasteiger charge is -2.26. The maximum Gasteiger partial charge on any atom is 0.326 e. The average molecular weight is 535 g/mol. The molecule has 10 N–H and O–H groups in total. The molecule has 0 aromatic heterocycles. The Kier molecular flexibility index (Phi) is 14.6. The second-order valence-electron chi connectivity index (χ2n) is 9.41. The number of nitrogens with one attached hydrogen (secondary N) is 3. The number of carbonyl (C=O) groups excluding carboxylic acids is 4. The summed E-state index contributed by atoms with van der Waals surface area (Å²) < 4.78 is 0. The Hall–Kier alpha value is -3.51. The number of hydrogen-bond donors (Lipinski definition) is 7. The van der Waals surface area contributed by atoms with Crippen LogP contribution in [-0.2, 0) is 30.4 Å². The molecular weight excluding hydrogens is 492 g/mol. The molecule has 1 rings (SSSR count). The molecule has 38 heavy (non-hydrogen) atoms. The lowest BCUT2D eigenvalue weighted by molar-refractivity contribution is -0.142. The number of hydrogen-bond acceptors (Lipinski definition) is 7. The highest BCUT2D eigenvalue weighted by atomic mass is 16.4. The molecule has 0 saturated carbocycles. The third-order valence-corrected chi connectivity index (χ3v) is 6.35. The monoisotopic (exact) mass is 534 g/mol. The maximum atomic E-state index is 13.2. The summed E-state index contributed by atoms with van der Waals surface area (Å²) >= 11 is 0. The summed E-state index contributed by atoms with van der Waals surface area (Å²) in [6.45, 7) is 4.05. The molecule has 0 spiro atoms. The van der Waals surface area contributed by atoms with Crippen molar-refractivity contribution in [3.05, 3.63) is 35.9 Å². The smallest absolute Gasteiger partial charge is 0.326 e. The maximum absolute atomic E-state index is 13.2. The topological polar surface area (TPSA) is 220 Å². The van der Waals surface area contributed by atoms with Crippen LogP contribution in [0.2, 0.25) is 0 Å². The van der Waals surface area contributed by atoms with Gasteiger partial charge in [-0.25, -0.2) is 4.79 Å². The van der Waals surface area contributed by atoms with Gasteiger partial charge in [-0.05, 0) is 43.7 Å². The van der Waals surface area contributed by atoms with E-state index in [1.807, 2.05) is 6.92 Å². The fourth-order valence-electron chi connectivity index (χ4n) is 3.69. The molecule has 0 fully saturated rings. The van der Waals surface area contributed by atoms with Crippen molar-refractivity contribution in [2.24, 2.45) is 23.1 Å². The summed E-state index contributed by atoms with van der Waals surface area (Å²) in [6, 6.07) is 4.46. The number of nitrogens with two attached hydrogens (primary N) is 3. The van der Waals surface area contributed by atoms with Crippen LogP contribution in [0.1, 0.15) is 57.9 Å². The van der Waals surface area contributed by atoms with Crippen LogP contribution < -0.4 is 33.2 Å². The minimum atomic E-state index is -1.22. The van der Waals surface area contributed by atoms with Gasteiger partial charge < -0.3 is 38.3 Å². The third-order valence-electron chi connectivity index (χ3n) is 6.35. The molecule has 1 aromatic rings. The highest BCUT2D eigenvalue weighted by Gasteiger charge is 2.31. The van der Waals surface area contributed by atoms with Gasteiger partial charge in [-0.2, -0.15) is 0 Å². The quantitative estimate of drug-likeness (QED) is 0.122. The number of rotatable bonds is 18. The normalized spacial score (nSPS) is 14.8. The van der Waals surface area contributed by atoms with Crippen LogP contribution in [0.25, 0.3) is 0 Å². The lowest BCUT2D eigenvalue weighted by atomic mass is 9.98. The van der Waals surface area contributed by atoms with Gasteiger partial charge in [0.1, 0.15) is 18.1 Å². The van der Waals surface area contributed by atoms with Gasteiger partial charge in [0.05, 0.1) is 6.04 Å². The molecule has 5 atom stereocenters. The predicted molar refractivity (Wildman–Crippen MR) is 142 cm³/mol. The van der Waals surface area contributed by atoms with E-state index in [1.54, 1.807) is 37.3 Å². The van der Waals surface area contributed by atoms with E-state index in [9.17, 15) is 29.1 Å². The first kappa shape index (κ1) is 32.5. The Morgan fingerprint density at radius 2 is 1.42 bits per heavy atom. The van der Waals surface area contributed by atoms with Gasteiger partial charge in [0, 0.05) is 12.8 Å². The van der Waals surface area contributed by atoms with Crippen molar-refractivity contribution >= 4 is 29.6 Å². The van der Waals surface area contributed by atoms with Crippen LogP contribution in [0.4, 0.5) is 0 Å². The number of unbranched alkanes of at least 4 members (excludes halogenated alkanes) is 1.